The van der Waals surface area contributed by atoms with Gasteiger partial charge in [0.25, 0.3) is 11.8 Å². The van der Waals surface area contributed by atoms with Crippen LogP contribution in [-0.4, -0.2) is 68.2 Å². The van der Waals surface area contributed by atoms with Gasteiger partial charge in [-0.15, -0.1) is 0 Å². The van der Waals surface area contributed by atoms with Gasteiger partial charge in [-0.05, 0) is 31.5 Å². The lowest BCUT2D eigenvalue weighted by Gasteiger charge is -2.30. The fourth-order valence-electron chi connectivity index (χ4n) is 3.34. The largest absolute Gasteiger partial charge is 0.493 e. The van der Waals surface area contributed by atoms with Crippen molar-refractivity contribution < 1.29 is 23.8 Å². The summed E-state index contributed by atoms with van der Waals surface area (Å²) in [6.07, 6.45) is 0. The van der Waals surface area contributed by atoms with Crippen molar-refractivity contribution >= 4 is 17.4 Å². The molecule has 0 unspecified atom stereocenters. The van der Waals surface area contributed by atoms with E-state index >= 15 is 0 Å². The van der Waals surface area contributed by atoms with Crippen LogP contribution in [0.2, 0.25) is 0 Å². The fourth-order valence-corrected chi connectivity index (χ4v) is 3.34. The highest BCUT2D eigenvalue weighted by atomic mass is 16.5. The molecule has 0 aliphatic carbocycles. The number of morpholine rings is 1. The first-order valence-corrected chi connectivity index (χ1v) is 8.66. The average molecular weight is 360 g/mol. The van der Waals surface area contributed by atoms with Crippen LogP contribution < -0.4 is 9.47 Å². The second kappa shape index (κ2) is 7.37. The standard InChI is InChI=1S/C19H24N2O5/c1-12(2)21-18(22)16(13-5-6-14(24-3)15(11-13)25-4)17(19(21)23)20-7-9-26-10-8-20/h5-6,11-12H,7-10H2,1-4H3. The SMILES string of the molecule is COc1ccc(C2=C(N3CCOCC3)C(=O)N(C(C)C)C2=O)cc1OC. The zero-order chi connectivity index (χ0) is 18.8. The Bertz CT molecular complexity index is 750. The lowest BCUT2D eigenvalue weighted by atomic mass is 10.0. The highest BCUT2D eigenvalue weighted by molar-refractivity contribution is 6.35. The highest BCUT2D eigenvalue weighted by Crippen LogP contribution is 2.37. The third kappa shape index (κ3) is 3.03. The van der Waals surface area contributed by atoms with Gasteiger partial charge in [-0.1, -0.05) is 6.07 Å². The van der Waals surface area contributed by atoms with Gasteiger partial charge >= 0.3 is 0 Å². The van der Waals surface area contributed by atoms with Crippen LogP contribution in [0.5, 0.6) is 11.5 Å². The van der Waals surface area contributed by atoms with Crippen molar-refractivity contribution in [1.82, 2.24) is 9.80 Å². The minimum absolute atomic E-state index is 0.219. The van der Waals surface area contributed by atoms with Gasteiger partial charge in [0.05, 0.1) is 33.0 Å². The van der Waals surface area contributed by atoms with Crippen LogP contribution in [0.1, 0.15) is 19.4 Å². The summed E-state index contributed by atoms with van der Waals surface area (Å²) in [5.74, 6) is 0.555. The lowest BCUT2D eigenvalue weighted by molar-refractivity contribution is -0.139. The van der Waals surface area contributed by atoms with E-state index in [-0.39, 0.29) is 17.9 Å². The van der Waals surface area contributed by atoms with E-state index < -0.39 is 0 Å². The van der Waals surface area contributed by atoms with Gasteiger partial charge in [-0.2, -0.15) is 0 Å². The molecule has 26 heavy (non-hydrogen) atoms. The Hall–Kier alpha value is -2.54. The van der Waals surface area contributed by atoms with Crippen LogP contribution in [0.3, 0.4) is 0 Å². The first-order valence-electron chi connectivity index (χ1n) is 8.66. The van der Waals surface area contributed by atoms with Crippen molar-refractivity contribution in [1.29, 1.82) is 0 Å². The first kappa shape index (κ1) is 18.3. The number of benzene rings is 1. The molecular formula is C19H24N2O5. The molecule has 1 aromatic carbocycles. The Labute approximate surface area is 153 Å². The van der Waals surface area contributed by atoms with Crippen molar-refractivity contribution in [3.63, 3.8) is 0 Å². The number of hydrogen-bond donors (Lipinski definition) is 0. The number of carbonyl (C=O) groups is 2. The van der Waals surface area contributed by atoms with E-state index in [1.807, 2.05) is 18.7 Å². The summed E-state index contributed by atoms with van der Waals surface area (Å²) >= 11 is 0. The van der Waals surface area contributed by atoms with Crippen molar-refractivity contribution in [2.75, 3.05) is 40.5 Å². The smallest absolute Gasteiger partial charge is 0.278 e. The van der Waals surface area contributed by atoms with Gasteiger partial charge in [-0.25, -0.2) is 0 Å². The van der Waals surface area contributed by atoms with Gasteiger partial charge in [0, 0.05) is 19.1 Å². The van der Waals surface area contributed by atoms with Crippen molar-refractivity contribution in [2.45, 2.75) is 19.9 Å². The van der Waals surface area contributed by atoms with Gasteiger partial charge in [-0.3, -0.25) is 14.5 Å². The maximum atomic E-state index is 13.1. The van der Waals surface area contributed by atoms with E-state index in [1.165, 1.54) is 4.90 Å². The number of methoxy groups -OCH3 is 2. The van der Waals surface area contributed by atoms with Crippen LogP contribution >= 0.6 is 0 Å². The third-order valence-electron chi connectivity index (χ3n) is 4.61. The van der Waals surface area contributed by atoms with Crippen LogP contribution in [0.15, 0.2) is 23.9 Å². The molecule has 0 aromatic heterocycles. The summed E-state index contributed by atoms with van der Waals surface area (Å²) < 4.78 is 16.0. The van der Waals surface area contributed by atoms with E-state index in [4.69, 9.17) is 14.2 Å². The summed E-state index contributed by atoms with van der Waals surface area (Å²) in [7, 11) is 3.10. The number of nitrogens with zero attached hydrogens (tertiary/aromatic N) is 2. The molecule has 0 N–H and O–H groups in total. The van der Waals surface area contributed by atoms with E-state index in [2.05, 4.69) is 0 Å². The summed E-state index contributed by atoms with van der Waals surface area (Å²) in [5, 5.41) is 0. The molecule has 0 atom stereocenters. The normalized spacial score (nSPS) is 18.2. The molecule has 7 heteroatoms. The van der Waals surface area contributed by atoms with Crippen LogP contribution in [-0.2, 0) is 14.3 Å². The molecule has 2 amide bonds. The number of ether oxygens (including phenoxy) is 3. The lowest BCUT2D eigenvalue weighted by Crippen LogP contribution is -2.42. The summed E-state index contributed by atoms with van der Waals surface area (Å²) in [6, 6.07) is 5.05. The first-order chi connectivity index (χ1) is 12.5. The Morgan fingerprint density at radius 2 is 1.65 bits per heavy atom. The second-order valence-corrected chi connectivity index (χ2v) is 6.47. The van der Waals surface area contributed by atoms with E-state index in [9.17, 15) is 9.59 Å². The molecule has 0 saturated carbocycles. The minimum Gasteiger partial charge on any atom is -0.493 e. The predicted octanol–water partition coefficient (Wildman–Crippen LogP) is 1.52. The Kier molecular flexibility index (Phi) is 5.18. The molecule has 0 radical (unpaired) electrons. The molecule has 3 rings (SSSR count). The van der Waals surface area contributed by atoms with Gasteiger partial charge < -0.3 is 19.1 Å². The topological polar surface area (TPSA) is 68.3 Å². The zero-order valence-corrected chi connectivity index (χ0v) is 15.6. The average Bonchev–Trinajstić information content (AvgIpc) is 2.92. The van der Waals surface area contributed by atoms with Gasteiger partial charge in [0.1, 0.15) is 5.70 Å². The maximum absolute atomic E-state index is 13.1. The molecular weight excluding hydrogens is 336 g/mol. The van der Waals surface area contributed by atoms with Crippen molar-refractivity contribution in [2.24, 2.45) is 0 Å². The van der Waals surface area contributed by atoms with E-state index in [0.717, 1.165) is 0 Å². The van der Waals surface area contributed by atoms with Crippen LogP contribution in [0.25, 0.3) is 5.57 Å². The highest BCUT2D eigenvalue weighted by Gasteiger charge is 2.43. The molecule has 0 spiro atoms. The number of amides is 2. The van der Waals surface area contributed by atoms with E-state index in [0.29, 0.717) is 54.6 Å². The van der Waals surface area contributed by atoms with Gasteiger partial charge in [0.2, 0.25) is 0 Å². The predicted molar refractivity (Wildman–Crippen MR) is 95.8 cm³/mol. The fraction of sp³-hybridized carbons (Fsp3) is 0.474. The van der Waals surface area contributed by atoms with E-state index in [1.54, 1.807) is 32.4 Å². The molecule has 1 fully saturated rings. The molecule has 2 aliphatic rings. The molecule has 7 nitrogen and oxygen atoms in total. The third-order valence-corrected chi connectivity index (χ3v) is 4.61. The number of imide groups is 1. The Balaban J connectivity index is 2.13. The van der Waals surface area contributed by atoms with Crippen LogP contribution in [0, 0.1) is 0 Å². The Morgan fingerprint density at radius 3 is 2.23 bits per heavy atom. The summed E-state index contributed by atoms with van der Waals surface area (Å²) in [6.45, 7) is 5.90. The quantitative estimate of drug-likeness (QED) is 0.742. The molecule has 2 heterocycles. The number of rotatable bonds is 5. The van der Waals surface area contributed by atoms with Crippen molar-refractivity contribution in [3.8, 4) is 11.5 Å². The van der Waals surface area contributed by atoms with Gasteiger partial charge in [0.15, 0.2) is 11.5 Å². The molecule has 1 aromatic rings. The zero-order valence-electron chi connectivity index (χ0n) is 15.6. The number of hydrogen-bond acceptors (Lipinski definition) is 6. The molecule has 2 aliphatic heterocycles. The second-order valence-electron chi connectivity index (χ2n) is 6.47. The number of carbonyl (C=O) groups excluding carboxylic acids is 2. The molecule has 1 saturated heterocycles. The summed E-state index contributed by atoms with van der Waals surface area (Å²) in [5.41, 5.74) is 1.50. The van der Waals surface area contributed by atoms with Crippen molar-refractivity contribution in [3.05, 3.63) is 29.5 Å². The summed E-state index contributed by atoms with van der Waals surface area (Å²) in [4.78, 5) is 29.4. The molecule has 140 valence electrons. The Morgan fingerprint density at radius 1 is 1.00 bits per heavy atom. The minimum atomic E-state index is -0.279. The van der Waals surface area contributed by atoms with Crippen LogP contribution in [0.4, 0.5) is 0 Å². The monoisotopic (exact) mass is 360 g/mol. The molecule has 0 bridgehead atoms. The maximum Gasteiger partial charge on any atom is 0.278 e.